The molecule has 1 aliphatic rings. The second-order valence-electron chi connectivity index (χ2n) is 5.41. The van der Waals surface area contributed by atoms with Crippen molar-refractivity contribution in [3.05, 3.63) is 47.8 Å². The lowest BCUT2D eigenvalue weighted by Crippen LogP contribution is -2.03. The normalized spacial score (nSPS) is 13.0. The number of ether oxygens (including phenoxy) is 1. The van der Waals surface area contributed by atoms with Gasteiger partial charge in [0.2, 0.25) is 11.8 Å². The number of hydrogen-bond donors (Lipinski definition) is 1. The predicted octanol–water partition coefficient (Wildman–Crippen LogP) is 2.82. The molecule has 0 aliphatic carbocycles. The number of amides is 1. The van der Waals surface area contributed by atoms with Gasteiger partial charge in [-0.25, -0.2) is 9.97 Å². The first-order valence-electron chi connectivity index (χ1n) is 7.43. The number of carbonyl (C=O) groups is 1. The van der Waals surface area contributed by atoms with Crippen LogP contribution in [0.2, 0.25) is 0 Å². The molecule has 0 saturated heterocycles. The fourth-order valence-corrected chi connectivity index (χ4v) is 3.57. The molecule has 120 valence electrons. The number of hydrogen-bond acceptors (Lipinski definition) is 6. The highest BCUT2D eigenvalue weighted by atomic mass is 32.2. The molecule has 0 spiro atoms. The lowest BCUT2D eigenvalue weighted by molar-refractivity contribution is -0.115. The molecular weight excluding hydrogens is 324 g/mol. The summed E-state index contributed by atoms with van der Waals surface area (Å²) in [5, 5.41) is 4.63. The summed E-state index contributed by atoms with van der Waals surface area (Å²) in [6.07, 6.45) is 1.97. The lowest BCUT2D eigenvalue weighted by Gasteiger charge is -2.07. The van der Waals surface area contributed by atoms with Crippen molar-refractivity contribution >= 4 is 34.4 Å². The molecule has 4 rings (SSSR count). The Kier molecular flexibility index (Phi) is 3.78. The van der Waals surface area contributed by atoms with Crippen LogP contribution in [0.25, 0.3) is 11.0 Å². The average molecular weight is 338 g/mol. The van der Waals surface area contributed by atoms with Crippen LogP contribution in [0.1, 0.15) is 11.1 Å². The maximum absolute atomic E-state index is 11.4. The highest BCUT2D eigenvalue weighted by molar-refractivity contribution is 7.98. The second kappa shape index (κ2) is 6.09. The van der Waals surface area contributed by atoms with Gasteiger partial charge in [0, 0.05) is 17.5 Å². The summed E-state index contributed by atoms with van der Waals surface area (Å²) in [7, 11) is 1.58. The van der Waals surface area contributed by atoms with Crippen molar-refractivity contribution in [2.45, 2.75) is 17.2 Å². The molecule has 1 N–H and O–H groups in total. The molecule has 0 bridgehead atoms. The van der Waals surface area contributed by atoms with E-state index in [0.29, 0.717) is 17.9 Å². The number of fused-ring (bicyclic) bond motifs is 2. The number of benzene rings is 1. The summed E-state index contributed by atoms with van der Waals surface area (Å²) in [6.45, 7) is 0. The van der Waals surface area contributed by atoms with E-state index in [4.69, 9.17) is 4.74 Å². The molecule has 7 heteroatoms. The van der Waals surface area contributed by atoms with Crippen molar-refractivity contribution in [3.63, 3.8) is 0 Å². The van der Waals surface area contributed by atoms with Gasteiger partial charge in [0.05, 0.1) is 18.9 Å². The third-order valence-electron chi connectivity index (χ3n) is 3.81. The third-order valence-corrected chi connectivity index (χ3v) is 4.89. The standard InChI is InChI=1S/C17H14N4O2S/c1-23-15-5-3-12-16(21-15)18-9-19-17(12)24-8-10-2-4-13-11(6-10)7-14(22)20-13/h2-6,9H,7-8H2,1H3,(H,20,22). The molecule has 0 saturated carbocycles. The Labute approximate surface area is 142 Å². The van der Waals surface area contributed by atoms with Crippen LogP contribution < -0.4 is 10.1 Å². The van der Waals surface area contributed by atoms with Gasteiger partial charge in [-0.05, 0) is 23.3 Å². The van der Waals surface area contributed by atoms with Crippen molar-refractivity contribution < 1.29 is 9.53 Å². The monoisotopic (exact) mass is 338 g/mol. The number of methoxy groups -OCH3 is 1. The van der Waals surface area contributed by atoms with Crippen LogP contribution in [0.4, 0.5) is 5.69 Å². The van der Waals surface area contributed by atoms with E-state index in [2.05, 4.69) is 26.3 Å². The van der Waals surface area contributed by atoms with E-state index in [1.54, 1.807) is 18.9 Å². The maximum Gasteiger partial charge on any atom is 0.228 e. The second-order valence-corrected chi connectivity index (χ2v) is 6.37. The first-order chi connectivity index (χ1) is 11.7. The highest BCUT2D eigenvalue weighted by Crippen LogP contribution is 2.30. The Hall–Kier alpha value is -2.67. The Morgan fingerprint density at radius 3 is 3.04 bits per heavy atom. The zero-order chi connectivity index (χ0) is 16.5. The third kappa shape index (κ3) is 2.78. The topological polar surface area (TPSA) is 77.0 Å². The first-order valence-corrected chi connectivity index (χ1v) is 8.42. The van der Waals surface area contributed by atoms with Crippen LogP contribution in [0.15, 0.2) is 41.7 Å². The number of rotatable bonds is 4. The van der Waals surface area contributed by atoms with Crippen LogP contribution in [-0.2, 0) is 17.0 Å². The van der Waals surface area contributed by atoms with Gasteiger partial charge in [0.25, 0.3) is 0 Å². The number of aromatic nitrogens is 3. The van der Waals surface area contributed by atoms with Gasteiger partial charge in [-0.3, -0.25) is 4.79 Å². The Morgan fingerprint density at radius 1 is 1.25 bits per heavy atom. The van der Waals surface area contributed by atoms with Crippen LogP contribution in [0.3, 0.4) is 0 Å². The number of thioether (sulfide) groups is 1. The van der Waals surface area contributed by atoms with Gasteiger partial charge in [-0.15, -0.1) is 11.8 Å². The van der Waals surface area contributed by atoms with Gasteiger partial charge in [-0.2, -0.15) is 4.98 Å². The Balaban J connectivity index is 1.57. The lowest BCUT2D eigenvalue weighted by atomic mass is 10.1. The number of anilines is 1. The molecule has 0 unspecified atom stereocenters. The number of nitrogens with one attached hydrogen (secondary N) is 1. The molecule has 0 fully saturated rings. The predicted molar refractivity (Wildman–Crippen MR) is 92.2 cm³/mol. The molecule has 6 nitrogen and oxygen atoms in total. The molecule has 3 heterocycles. The quantitative estimate of drug-likeness (QED) is 0.582. The zero-order valence-corrected chi connectivity index (χ0v) is 13.8. The van der Waals surface area contributed by atoms with Crippen molar-refractivity contribution in [1.82, 2.24) is 15.0 Å². The largest absolute Gasteiger partial charge is 0.481 e. The van der Waals surface area contributed by atoms with Gasteiger partial charge < -0.3 is 10.1 Å². The Bertz CT molecular complexity index is 945. The van der Waals surface area contributed by atoms with Crippen molar-refractivity contribution in [3.8, 4) is 5.88 Å². The van der Waals surface area contributed by atoms with E-state index in [-0.39, 0.29) is 5.91 Å². The first kappa shape index (κ1) is 14.9. The average Bonchev–Trinajstić information content (AvgIpc) is 2.98. The fraction of sp³-hybridized carbons (Fsp3) is 0.176. The molecule has 2 aromatic heterocycles. The summed E-state index contributed by atoms with van der Waals surface area (Å²) in [4.78, 5) is 24.3. The van der Waals surface area contributed by atoms with Crippen LogP contribution in [0.5, 0.6) is 5.88 Å². The van der Waals surface area contributed by atoms with Gasteiger partial charge >= 0.3 is 0 Å². The van der Waals surface area contributed by atoms with Gasteiger partial charge in [0.15, 0.2) is 5.65 Å². The SMILES string of the molecule is COc1ccc2c(SCc3ccc4c(c3)CC(=O)N4)ncnc2n1. The Morgan fingerprint density at radius 2 is 2.17 bits per heavy atom. The van der Waals surface area contributed by atoms with Crippen molar-refractivity contribution in [2.75, 3.05) is 12.4 Å². The summed E-state index contributed by atoms with van der Waals surface area (Å²) in [5.74, 6) is 1.35. The van der Waals surface area contributed by atoms with Gasteiger partial charge in [0.1, 0.15) is 11.4 Å². The van der Waals surface area contributed by atoms with Crippen LogP contribution >= 0.6 is 11.8 Å². The molecular formula is C17H14N4O2S. The van der Waals surface area contributed by atoms with E-state index in [1.165, 1.54) is 6.33 Å². The van der Waals surface area contributed by atoms with E-state index < -0.39 is 0 Å². The minimum atomic E-state index is 0.0524. The minimum absolute atomic E-state index is 0.0524. The number of nitrogens with zero attached hydrogens (tertiary/aromatic N) is 3. The van der Waals surface area contributed by atoms with Crippen molar-refractivity contribution in [2.24, 2.45) is 0 Å². The zero-order valence-electron chi connectivity index (χ0n) is 12.9. The summed E-state index contributed by atoms with van der Waals surface area (Å²) in [5.41, 5.74) is 3.74. The smallest absolute Gasteiger partial charge is 0.228 e. The molecule has 1 amide bonds. The molecule has 3 aromatic rings. The summed E-state index contributed by atoms with van der Waals surface area (Å²) < 4.78 is 5.13. The fourth-order valence-electron chi connectivity index (χ4n) is 2.65. The summed E-state index contributed by atoms with van der Waals surface area (Å²) in [6, 6.07) is 9.80. The molecule has 0 radical (unpaired) electrons. The molecule has 0 atom stereocenters. The van der Waals surface area contributed by atoms with E-state index >= 15 is 0 Å². The van der Waals surface area contributed by atoms with Gasteiger partial charge in [-0.1, -0.05) is 12.1 Å². The maximum atomic E-state index is 11.4. The summed E-state index contributed by atoms with van der Waals surface area (Å²) >= 11 is 1.63. The molecule has 1 aliphatic heterocycles. The van der Waals surface area contributed by atoms with E-state index in [0.717, 1.165) is 33.0 Å². The van der Waals surface area contributed by atoms with Crippen molar-refractivity contribution in [1.29, 1.82) is 0 Å². The van der Waals surface area contributed by atoms with E-state index in [1.807, 2.05) is 24.3 Å². The highest BCUT2D eigenvalue weighted by Gasteiger charge is 2.17. The number of carbonyl (C=O) groups excluding carboxylic acids is 1. The van der Waals surface area contributed by atoms with Crippen LogP contribution in [-0.4, -0.2) is 28.0 Å². The number of pyridine rings is 1. The van der Waals surface area contributed by atoms with Crippen LogP contribution in [0, 0.1) is 0 Å². The minimum Gasteiger partial charge on any atom is -0.481 e. The molecule has 24 heavy (non-hydrogen) atoms. The molecule has 1 aromatic carbocycles. The van der Waals surface area contributed by atoms with E-state index in [9.17, 15) is 4.79 Å².